The molecule has 0 atom stereocenters. The second-order valence-electron chi connectivity index (χ2n) is 4.69. The molecule has 0 aromatic heterocycles. The molecule has 0 bridgehead atoms. The van der Waals surface area contributed by atoms with E-state index in [-0.39, 0.29) is 23.8 Å². The smallest absolute Gasteiger partial charge is 0.241 e. The van der Waals surface area contributed by atoms with Gasteiger partial charge in [-0.25, -0.2) is 13.1 Å². The monoisotopic (exact) mass is 292 g/mol. The number of sulfonamides is 1. The van der Waals surface area contributed by atoms with Gasteiger partial charge in [-0.1, -0.05) is 19.1 Å². The lowest BCUT2D eigenvalue weighted by Crippen LogP contribution is -2.48. The van der Waals surface area contributed by atoms with Crippen molar-refractivity contribution in [3.8, 4) is 0 Å². The van der Waals surface area contributed by atoms with Crippen LogP contribution in [-0.4, -0.2) is 20.5 Å². The topological polar surface area (TPSA) is 72.2 Å². The van der Waals surface area contributed by atoms with Crippen molar-refractivity contribution in [3.05, 3.63) is 29.8 Å². The molecule has 0 aliphatic rings. The van der Waals surface area contributed by atoms with Gasteiger partial charge in [0.15, 0.2) is 0 Å². The minimum atomic E-state index is -3.49. The van der Waals surface area contributed by atoms with E-state index in [2.05, 4.69) is 4.72 Å². The zero-order valence-corrected chi connectivity index (χ0v) is 12.6. The van der Waals surface area contributed by atoms with E-state index in [4.69, 9.17) is 5.73 Å². The van der Waals surface area contributed by atoms with E-state index in [9.17, 15) is 8.42 Å². The molecule has 0 radical (unpaired) electrons. The number of nitrogens with one attached hydrogen (secondary N) is 1. The van der Waals surface area contributed by atoms with Crippen molar-refractivity contribution in [1.82, 2.24) is 4.72 Å². The van der Waals surface area contributed by atoms with Crippen molar-refractivity contribution in [3.63, 3.8) is 0 Å². The molecule has 1 rings (SSSR count). The van der Waals surface area contributed by atoms with Crippen LogP contribution in [0.5, 0.6) is 0 Å². The summed E-state index contributed by atoms with van der Waals surface area (Å²) in [5.74, 6) is 0. The van der Waals surface area contributed by atoms with Gasteiger partial charge in [-0.05, 0) is 38.0 Å². The van der Waals surface area contributed by atoms with Crippen LogP contribution < -0.4 is 10.5 Å². The number of nitrogens with two attached hydrogens (primary N) is 1. The van der Waals surface area contributed by atoms with Crippen LogP contribution in [0.2, 0.25) is 0 Å². The minimum Gasteiger partial charge on any atom is -0.329 e. The Kier molecular flexibility index (Phi) is 6.29. The van der Waals surface area contributed by atoms with Gasteiger partial charge in [0.25, 0.3) is 0 Å². The molecule has 0 aliphatic heterocycles. The van der Waals surface area contributed by atoms with Crippen LogP contribution in [0.4, 0.5) is 0 Å². The van der Waals surface area contributed by atoms with Gasteiger partial charge < -0.3 is 5.73 Å². The Morgan fingerprint density at radius 1 is 1.22 bits per heavy atom. The summed E-state index contributed by atoms with van der Waals surface area (Å²) < 4.78 is 26.7. The van der Waals surface area contributed by atoms with E-state index >= 15 is 0 Å². The summed E-state index contributed by atoms with van der Waals surface area (Å²) in [4.78, 5) is 0.274. The third-order valence-electron chi connectivity index (χ3n) is 2.56. The zero-order chi connectivity index (χ0) is 13.1. The molecule has 104 valence electrons. The average Bonchev–Trinajstić information content (AvgIpc) is 2.28. The Morgan fingerprint density at radius 3 is 2.11 bits per heavy atom. The molecule has 0 saturated heterocycles. The van der Waals surface area contributed by atoms with Crippen molar-refractivity contribution in [2.45, 2.75) is 37.6 Å². The largest absolute Gasteiger partial charge is 0.329 e. The van der Waals surface area contributed by atoms with Crippen LogP contribution in [-0.2, 0) is 16.4 Å². The highest BCUT2D eigenvalue weighted by Crippen LogP contribution is 2.13. The number of rotatable bonds is 5. The third-order valence-corrected chi connectivity index (χ3v) is 4.28. The second-order valence-corrected chi connectivity index (χ2v) is 6.37. The predicted molar refractivity (Wildman–Crippen MR) is 76.5 cm³/mol. The van der Waals surface area contributed by atoms with Gasteiger partial charge in [-0.3, -0.25) is 0 Å². The normalized spacial score (nSPS) is 12.0. The van der Waals surface area contributed by atoms with Crippen molar-refractivity contribution in [2.24, 2.45) is 5.73 Å². The molecule has 0 saturated carbocycles. The Morgan fingerprint density at radius 2 is 1.72 bits per heavy atom. The summed E-state index contributed by atoms with van der Waals surface area (Å²) in [6.45, 7) is 5.79. The van der Waals surface area contributed by atoms with E-state index in [1.54, 1.807) is 26.0 Å². The van der Waals surface area contributed by atoms with E-state index in [1.807, 2.05) is 19.1 Å². The molecule has 0 fully saturated rings. The molecule has 0 spiro atoms. The first-order valence-electron chi connectivity index (χ1n) is 5.64. The zero-order valence-electron chi connectivity index (χ0n) is 10.9. The first kappa shape index (κ1) is 17.4. The number of aryl methyl sites for hydroxylation is 1. The van der Waals surface area contributed by atoms with Crippen LogP contribution in [0.3, 0.4) is 0 Å². The highest BCUT2D eigenvalue weighted by molar-refractivity contribution is 7.89. The summed E-state index contributed by atoms with van der Waals surface area (Å²) in [6, 6.07) is 6.88. The first-order chi connectivity index (χ1) is 7.80. The molecule has 1 aromatic rings. The van der Waals surface area contributed by atoms with Crippen LogP contribution in [0.25, 0.3) is 0 Å². The van der Waals surface area contributed by atoms with Gasteiger partial charge in [0.05, 0.1) is 4.90 Å². The molecule has 18 heavy (non-hydrogen) atoms. The Bertz CT molecular complexity index is 469. The molecule has 0 heterocycles. The molecule has 0 unspecified atom stereocenters. The van der Waals surface area contributed by atoms with Gasteiger partial charge in [-0.15, -0.1) is 12.4 Å². The lowest BCUT2D eigenvalue weighted by molar-refractivity contribution is 0.462. The average molecular weight is 293 g/mol. The van der Waals surface area contributed by atoms with Crippen LogP contribution in [0.1, 0.15) is 26.3 Å². The number of halogens is 1. The van der Waals surface area contributed by atoms with Crippen LogP contribution in [0.15, 0.2) is 29.2 Å². The summed E-state index contributed by atoms with van der Waals surface area (Å²) in [5, 5.41) is 0. The van der Waals surface area contributed by atoms with E-state index < -0.39 is 15.6 Å². The minimum absolute atomic E-state index is 0. The van der Waals surface area contributed by atoms with Crippen molar-refractivity contribution >= 4 is 22.4 Å². The molecule has 6 heteroatoms. The quantitative estimate of drug-likeness (QED) is 0.867. The van der Waals surface area contributed by atoms with E-state index in [0.29, 0.717) is 0 Å². The van der Waals surface area contributed by atoms with Crippen LogP contribution >= 0.6 is 12.4 Å². The van der Waals surface area contributed by atoms with E-state index in [0.717, 1.165) is 12.0 Å². The predicted octanol–water partition coefficient (Wildman–Crippen LogP) is 1.69. The third kappa shape index (κ3) is 4.57. The fourth-order valence-corrected chi connectivity index (χ4v) is 2.79. The van der Waals surface area contributed by atoms with Crippen molar-refractivity contribution in [1.29, 1.82) is 0 Å². The van der Waals surface area contributed by atoms with Gasteiger partial charge in [-0.2, -0.15) is 0 Å². The van der Waals surface area contributed by atoms with Crippen molar-refractivity contribution < 1.29 is 8.42 Å². The SMILES string of the molecule is CCc1ccc(S(=O)(=O)NC(C)(C)CN)cc1.Cl. The first-order valence-corrected chi connectivity index (χ1v) is 7.12. The van der Waals surface area contributed by atoms with Crippen molar-refractivity contribution in [2.75, 3.05) is 6.54 Å². The fourth-order valence-electron chi connectivity index (χ4n) is 1.37. The Hall–Kier alpha value is -0.620. The Labute approximate surface area is 115 Å². The number of hydrogen-bond acceptors (Lipinski definition) is 3. The van der Waals surface area contributed by atoms with Gasteiger partial charge >= 0.3 is 0 Å². The lowest BCUT2D eigenvalue weighted by atomic mass is 10.1. The second kappa shape index (κ2) is 6.52. The summed E-state index contributed by atoms with van der Waals surface area (Å²) in [7, 11) is -3.49. The maximum atomic E-state index is 12.0. The summed E-state index contributed by atoms with van der Waals surface area (Å²) in [6.07, 6.45) is 0.891. The molecule has 0 aliphatic carbocycles. The summed E-state index contributed by atoms with van der Waals surface area (Å²) >= 11 is 0. The molecular weight excluding hydrogens is 272 g/mol. The number of benzene rings is 1. The number of hydrogen-bond donors (Lipinski definition) is 2. The maximum Gasteiger partial charge on any atom is 0.241 e. The molecular formula is C12H21ClN2O2S. The van der Waals surface area contributed by atoms with E-state index in [1.165, 1.54) is 0 Å². The standard InChI is InChI=1S/C12H20N2O2S.ClH/c1-4-10-5-7-11(8-6-10)17(15,16)14-12(2,3)9-13;/h5-8,14H,4,9,13H2,1-3H3;1H. The Balaban J connectivity index is 0.00000289. The van der Waals surface area contributed by atoms with Crippen LogP contribution in [0, 0.1) is 0 Å². The van der Waals surface area contributed by atoms with Gasteiger partial charge in [0.1, 0.15) is 0 Å². The fraction of sp³-hybridized carbons (Fsp3) is 0.500. The maximum absolute atomic E-state index is 12.0. The highest BCUT2D eigenvalue weighted by Gasteiger charge is 2.24. The van der Waals surface area contributed by atoms with Gasteiger partial charge in [0.2, 0.25) is 10.0 Å². The molecule has 0 amide bonds. The summed E-state index contributed by atoms with van der Waals surface area (Å²) in [5.41, 5.74) is 5.99. The molecule has 3 N–H and O–H groups in total. The highest BCUT2D eigenvalue weighted by atomic mass is 35.5. The van der Waals surface area contributed by atoms with Gasteiger partial charge in [0, 0.05) is 12.1 Å². The lowest BCUT2D eigenvalue weighted by Gasteiger charge is -2.23. The molecule has 1 aromatic carbocycles. The molecule has 4 nitrogen and oxygen atoms in total.